The number of carbonyl (C=O) groups is 2. The molecule has 1 aromatic heterocycles. The SMILES string of the molecule is O=C(O)[C@@H]1[C@H]2CCC[C@@H]2CN1C(=O)Cc1ccc(-n2cnnn2)cc1. The lowest BCUT2D eigenvalue weighted by Crippen LogP contribution is -2.43. The Morgan fingerprint density at radius 3 is 2.68 bits per heavy atom. The molecule has 1 aliphatic heterocycles. The van der Waals surface area contributed by atoms with Gasteiger partial charge in [0.05, 0.1) is 12.1 Å². The molecule has 8 nitrogen and oxygen atoms in total. The third-order valence-corrected chi connectivity index (χ3v) is 5.37. The third kappa shape index (κ3) is 2.88. The Kier molecular flexibility index (Phi) is 3.95. The number of hydrogen-bond acceptors (Lipinski definition) is 5. The van der Waals surface area contributed by atoms with Gasteiger partial charge in [-0.05, 0) is 52.8 Å². The van der Waals surface area contributed by atoms with Gasteiger partial charge in [-0.2, -0.15) is 0 Å². The molecular weight excluding hydrogens is 322 g/mol. The molecule has 1 aromatic carbocycles. The normalized spacial score (nSPS) is 25.1. The van der Waals surface area contributed by atoms with Crippen molar-refractivity contribution >= 4 is 11.9 Å². The number of carboxylic acids is 1. The van der Waals surface area contributed by atoms with Gasteiger partial charge in [0, 0.05) is 6.54 Å². The molecule has 1 N–H and O–H groups in total. The Balaban J connectivity index is 1.47. The van der Waals surface area contributed by atoms with E-state index in [0.29, 0.717) is 12.5 Å². The van der Waals surface area contributed by atoms with Crippen LogP contribution < -0.4 is 0 Å². The van der Waals surface area contributed by atoms with Crippen molar-refractivity contribution in [1.82, 2.24) is 25.1 Å². The number of fused-ring (bicyclic) bond motifs is 1. The molecule has 25 heavy (non-hydrogen) atoms. The average Bonchev–Trinajstić information content (AvgIpc) is 3.31. The summed E-state index contributed by atoms with van der Waals surface area (Å²) >= 11 is 0. The van der Waals surface area contributed by atoms with Gasteiger partial charge in [0.25, 0.3) is 0 Å². The number of carboxylic acid groups (broad SMARTS) is 1. The van der Waals surface area contributed by atoms with Gasteiger partial charge >= 0.3 is 5.97 Å². The monoisotopic (exact) mass is 341 g/mol. The summed E-state index contributed by atoms with van der Waals surface area (Å²) in [5, 5.41) is 20.6. The molecule has 1 saturated heterocycles. The standard InChI is InChI=1S/C17H19N5O3/c23-15(21-9-12-2-1-3-14(12)16(21)17(24)25)8-11-4-6-13(7-5-11)22-10-18-19-20-22/h4-7,10,12,14,16H,1-3,8-9H2,(H,24,25)/t12-,14+,16+/m1/s1. The first-order chi connectivity index (χ1) is 12.1. The second kappa shape index (κ2) is 6.27. The maximum atomic E-state index is 12.7. The van der Waals surface area contributed by atoms with Crippen molar-refractivity contribution in [2.24, 2.45) is 11.8 Å². The van der Waals surface area contributed by atoms with Gasteiger partial charge in [0.15, 0.2) is 0 Å². The lowest BCUT2D eigenvalue weighted by Gasteiger charge is -2.24. The molecule has 3 atom stereocenters. The molecule has 0 unspecified atom stereocenters. The van der Waals surface area contributed by atoms with Gasteiger partial charge in [-0.1, -0.05) is 18.6 Å². The number of nitrogens with zero attached hydrogens (tertiary/aromatic N) is 5. The highest BCUT2D eigenvalue weighted by Gasteiger charge is 2.49. The van der Waals surface area contributed by atoms with Gasteiger partial charge in [0.1, 0.15) is 12.4 Å². The topological polar surface area (TPSA) is 101 Å². The lowest BCUT2D eigenvalue weighted by atomic mass is 9.94. The number of aliphatic carboxylic acids is 1. The molecule has 130 valence electrons. The van der Waals surface area contributed by atoms with Gasteiger partial charge in [-0.3, -0.25) is 4.79 Å². The number of aromatic nitrogens is 4. The lowest BCUT2D eigenvalue weighted by molar-refractivity contribution is -0.149. The largest absolute Gasteiger partial charge is 0.480 e. The van der Waals surface area contributed by atoms with E-state index in [9.17, 15) is 14.7 Å². The van der Waals surface area contributed by atoms with Crippen LogP contribution in [0.25, 0.3) is 5.69 Å². The van der Waals surface area contributed by atoms with Crippen molar-refractivity contribution in [3.8, 4) is 5.69 Å². The summed E-state index contributed by atoms with van der Waals surface area (Å²) in [6, 6.07) is 6.71. The summed E-state index contributed by atoms with van der Waals surface area (Å²) in [7, 11) is 0. The van der Waals surface area contributed by atoms with E-state index in [-0.39, 0.29) is 18.2 Å². The molecular formula is C17H19N5O3. The number of hydrogen-bond donors (Lipinski definition) is 1. The highest BCUT2D eigenvalue weighted by molar-refractivity contribution is 5.86. The Labute approximate surface area is 144 Å². The van der Waals surface area contributed by atoms with Crippen LogP contribution >= 0.6 is 0 Å². The minimum Gasteiger partial charge on any atom is -0.480 e. The van der Waals surface area contributed by atoms with E-state index in [1.807, 2.05) is 24.3 Å². The number of rotatable bonds is 4. The zero-order valence-electron chi connectivity index (χ0n) is 13.7. The van der Waals surface area contributed by atoms with Crippen molar-refractivity contribution in [2.75, 3.05) is 6.54 Å². The average molecular weight is 341 g/mol. The minimum atomic E-state index is -0.878. The van der Waals surface area contributed by atoms with E-state index in [0.717, 1.165) is 30.5 Å². The summed E-state index contributed by atoms with van der Waals surface area (Å²) in [5.74, 6) is -0.537. The molecule has 2 heterocycles. The Morgan fingerprint density at radius 1 is 1.20 bits per heavy atom. The third-order valence-electron chi connectivity index (χ3n) is 5.37. The summed E-state index contributed by atoms with van der Waals surface area (Å²) in [6.45, 7) is 0.573. The van der Waals surface area contributed by atoms with Gasteiger partial charge < -0.3 is 10.0 Å². The molecule has 2 aliphatic rings. The number of tetrazole rings is 1. The van der Waals surface area contributed by atoms with E-state index >= 15 is 0 Å². The second-order valence-corrected chi connectivity index (χ2v) is 6.78. The molecule has 0 spiro atoms. The predicted molar refractivity (Wildman–Crippen MR) is 86.8 cm³/mol. The number of amides is 1. The zero-order valence-corrected chi connectivity index (χ0v) is 13.7. The zero-order chi connectivity index (χ0) is 17.4. The maximum Gasteiger partial charge on any atom is 0.326 e. The van der Waals surface area contributed by atoms with Crippen LogP contribution in [0.15, 0.2) is 30.6 Å². The Hall–Kier alpha value is -2.77. The molecule has 2 fully saturated rings. The summed E-state index contributed by atoms with van der Waals surface area (Å²) in [6.07, 6.45) is 4.71. The van der Waals surface area contributed by atoms with Crippen LogP contribution in [-0.2, 0) is 16.0 Å². The second-order valence-electron chi connectivity index (χ2n) is 6.78. The van der Waals surface area contributed by atoms with Crippen LogP contribution in [-0.4, -0.2) is 54.7 Å². The van der Waals surface area contributed by atoms with E-state index in [1.54, 1.807) is 4.90 Å². The molecule has 1 aliphatic carbocycles. The van der Waals surface area contributed by atoms with Crippen molar-refractivity contribution in [2.45, 2.75) is 31.7 Å². The first-order valence-electron chi connectivity index (χ1n) is 8.48. The highest BCUT2D eigenvalue weighted by atomic mass is 16.4. The summed E-state index contributed by atoms with van der Waals surface area (Å²) in [5.41, 5.74) is 1.66. The van der Waals surface area contributed by atoms with Crippen molar-refractivity contribution in [3.05, 3.63) is 36.2 Å². The summed E-state index contributed by atoms with van der Waals surface area (Å²) in [4.78, 5) is 25.9. The van der Waals surface area contributed by atoms with E-state index < -0.39 is 12.0 Å². The Bertz CT molecular complexity index is 774. The smallest absolute Gasteiger partial charge is 0.326 e. The highest BCUT2D eigenvalue weighted by Crippen LogP contribution is 2.42. The van der Waals surface area contributed by atoms with Gasteiger partial charge in [-0.15, -0.1) is 5.10 Å². The van der Waals surface area contributed by atoms with Crippen LogP contribution in [0.2, 0.25) is 0 Å². The molecule has 1 amide bonds. The number of carbonyl (C=O) groups excluding carboxylic acids is 1. The van der Waals surface area contributed by atoms with Crippen LogP contribution in [0, 0.1) is 11.8 Å². The molecule has 8 heteroatoms. The fourth-order valence-corrected chi connectivity index (χ4v) is 4.20. The molecule has 1 saturated carbocycles. The molecule has 0 bridgehead atoms. The quantitative estimate of drug-likeness (QED) is 0.887. The van der Waals surface area contributed by atoms with Gasteiger partial charge in [-0.25, -0.2) is 9.48 Å². The molecule has 2 aromatic rings. The first kappa shape index (κ1) is 15.7. The van der Waals surface area contributed by atoms with E-state index in [2.05, 4.69) is 15.5 Å². The fraction of sp³-hybridized carbons (Fsp3) is 0.471. The van der Waals surface area contributed by atoms with Crippen LogP contribution in [0.3, 0.4) is 0 Å². The van der Waals surface area contributed by atoms with Crippen LogP contribution in [0.1, 0.15) is 24.8 Å². The van der Waals surface area contributed by atoms with E-state index in [4.69, 9.17) is 0 Å². The van der Waals surface area contributed by atoms with Crippen LogP contribution in [0.4, 0.5) is 0 Å². The molecule has 0 radical (unpaired) electrons. The van der Waals surface area contributed by atoms with Crippen LogP contribution in [0.5, 0.6) is 0 Å². The predicted octanol–water partition coefficient (Wildman–Crippen LogP) is 0.916. The van der Waals surface area contributed by atoms with Crippen molar-refractivity contribution in [3.63, 3.8) is 0 Å². The molecule has 4 rings (SSSR count). The van der Waals surface area contributed by atoms with Crippen molar-refractivity contribution < 1.29 is 14.7 Å². The number of benzene rings is 1. The van der Waals surface area contributed by atoms with Gasteiger partial charge in [0.2, 0.25) is 5.91 Å². The maximum absolute atomic E-state index is 12.7. The van der Waals surface area contributed by atoms with Crippen molar-refractivity contribution in [1.29, 1.82) is 0 Å². The first-order valence-corrected chi connectivity index (χ1v) is 8.48. The Morgan fingerprint density at radius 2 is 2.00 bits per heavy atom. The minimum absolute atomic E-state index is 0.114. The fourth-order valence-electron chi connectivity index (χ4n) is 4.20. The van der Waals surface area contributed by atoms with E-state index in [1.165, 1.54) is 11.0 Å². The summed E-state index contributed by atoms with van der Waals surface area (Å²) < 4.78 is 1.54. The number of likely N-dealkylation sites (tertiary alicyclic amines) is 1.